The Balaban J connectivity index is 1.33. The molecule has 1 aliphatic heterocycles. The lowest BCUT2D eigenvalue weighted by molar-refractivity contribution is -0.137. The van der Waals surface area contributed by atoms with Crippen LogP contribution in [0.2, 0.25) is 0 Å². The number of methoxy groups -OCH3 is 1. The first-order chi connectivity index (χ1) is 17.5. The minimum Gasteiger partial charge on any atom is -0.497 e. The average Bonchev–Trinajstić information content (AvgIpc) is 3.42. The molecule has 194 valence electrons. The number of furan rings is 1. The summed E-state index contributed by atoms with van der Waals surface area (Å²) >= 11 is 1.73. The number of hydrogen-bond acceptors (Lipinski definition) is 7. The molecule has 4 rings (SSSR count). The van der Waals surface area contributed by atoms with Crippen LogP contribution >= 0.6 is 11.8 Å². The summed E-state index contributed by atoms with van der Waals surface area (Å²) in [6, 6.07) is 11.5. The highest BCUT2D eigenvalue weighted by molar-refractivity contribution is 7.99. The lowest BCUT2D eigenvalue weighted by Gasteiger charge is -2.39. The lowest BCUT2D eigenvalue weighted by atomic mass is 9.79. The number of aliphatic carboxylic acids is 1. The first kappa shape index (κ1) is 26.5. The average molecular weight is 513 g/mol. The molecule has 1 aromatic carbocycles. The Labute approximate surface area is 216 Å². The van der Waals surface area contributed by atoms with Crippen LogP contribution in [-0.4, -0.2) is 58.6 Å². The van der Waals surface area contributed by atoms with Crippen molar-refractivity contribution in [2.45, 2.75) is 49.7 Å². The highest BCUT2D eigenvalue weighted by Crippen LogP contribution is 2.35. The highest BCUT2D eigenvalue weighted by atomic mass is 32.2. The fraction of sp³-hybridized carbons (Fsp3) is 0.500. The van der Waals surface area contributed by atoms with E-state index in [0.29, 0.717) is 24.7 Å². The SMILES string of the molecule is COc1ccc2nccc(C(O)CC[C@@H]3CCN(CCCSc4ccco4)C[C@@H]3CCC(=O)O)c2c1. The smallest absolute Gasteiger partial charge is 0.303 e. The number of carbonyl (C=O) groups is 1. The van der Waals surface area contributed by atoms with E-state index in [1.54, 1.807) is 31.3 Å². The Morgan fingerprint density at radius 3 is 2.94 bits per heavy atom. The van der Waals surface area contributed by atoms with E-state index in [1.807, 2.05) is 36.4 Å². The molecule has 0 aliphatic carbocycles. The van der Waals surface area contributed by atoms with Gasteiger partial charge in [0.05, 0.1) is 25.0 Å². The van der Waals surface area contributed by atoms with Gasteiger partial charge in [-0.2, -0.15) is 0 Å². The molecular weight excluding hydrogens is 476 g/mol. The molecule has 3 aromatic rings. The number of likely N-dealkylation sites (tertiary alicyclic amines) is 1. The van der Waals surface area contributed by atoms with Gasteiger partial charge in [-0.25, -0.2) is 0 Å². The molecule has 1 fully saturated rings. The summed E-state index contributed by atoms with van der Waals surface area (Å²) in [6.45, 7) is 2.96. The van der Waals surface area contributed by atoms with Gasteiger partial charge in [-0.15, -0.1) is 0 Å². The molecule has 0 amide bonds. The Morgan fingerprint density at radius 1 is 1.28 bits per heavy atom. The van der Waals surface area contributed by atoms with Gasteiger partial charge in [0.15, 0.2) is 5.09 Å². The summed E-state index contributed by atoms with van der Waals surface area (Å²) in [4.78, 5) is 18.2. The second-order valence-electron chi connectivity index (χ2n) is 9.55. The van der Waals surface area contributed by atoms with Gasteiger partial charge >= 0.3 is 5.97 Å². The van der Waals surface area contributed by atoms with Gasteiger partial charge in [0.2, 0.25) is 0 Å². The predicted molar refractivity (Wildman–Crippen MR) is 141 cm³/mol. The molecule has 0 radical (unpaired) electrons. The molecule has 3 heterocycles. The van der Waals surface area contributed by atoms with Crippen molar-refractivity contribution in [2.24, 2.45) is 11.8 Å². The first-order valence-electron chi connectivity index (χ1n) is 12.7. The van der Waals surface area contributed by atoms with Crippen molar-refractivity contribution in [3.05, 3.63) is 54.4 Å². The largest absolute Gasteiger partial charge is 0.497 e. The molecule has 2 aromatic heterocycles. The number of aliphatic hydroxyl groups excluding tert-OH is 1. The molecular formula is C28H36N2O5S. The second-order valence-corrected chi connectivity index (χ2v) is 10.7. The number of piperidine rings is 1. The number of pyridine rings is 1. The van der Waals surface area contributed by atoms with Crippen molar-refractivity contribution >= 4 is 28.6 Å². The summed E-state index contributed by atoms with van der Waals surface area (Å²) in [5.41, 5.74) is 1.71. The van der Waals surface area contributed by atoms with Crippen molar-refractivity contribution in [2.75, 3.05) is 32.5 Å². The lowest BCUT2D eigenvalue weighted by Crippen LogP contribution is -2.41. The molecule has 1 aliphatic rings. The van der Waals surface area contributed by atoms with E-state index in [-0.39, 0.29) is 6.42 Å². The predicted octanol–water partition coefficient (Wildman–Crippen LogP) is 5.64. The van der Waals surface area contributed by atoms with Crippen molar-refractivity contribution in [3.8, 4) is 5.75 Å². The third-order valence-corrected chi connectivity index (χ3v) is 8.22. The zero-order chi connectivity index (χ0) is 25.3. The maximum absolute atomic E-state index is 11.3. The summed E-state index contributed by atoms with van der Waals surface area (Å²) in [6.07, 6.45) is 7.35. The molecule has 2 N–H and O–H groups in total. The molecule has 0 bridgehead atoms. The summed E-state index contributed by atoms with van der Waals surface area (Å²) in [5.74, 6) is 1.75. The number of aliphatic hydroxyl groups is 1. The quantitative estimate of drug-likeness (QED) is 0.225. The van der Waals surface area contributed by atoms with Crippen LogP contribution in [0.4, 0.5) is 0 Å². The third kappa shape index (κ3) is 7.24. The minimum absolute atomic E-state index is 0.195. The molecule has 7 nitrogen and oxygen atoms in total. The standard InChI is InChI=1S/C28H36N2O5S/c1-34-22-7-8-25-24(18-22)23(11-13-29-25)26(31)9-5-20-12-15-30(19-21(20)6-10-27(32)33)14-3-17-36-28-4-2-16-35-28/h2,4,7-8,11,13,16,18,20-21,26,31H,3,5-6,9-10,12,14-15,17,19H2,1H3,(H,32,33)/t20-,21+,26?/m1/s1. The number of aromatic nitrogens is 1. The minimum atomic E-state index is -0.738. The van der Waals surface area contributed by atoms with Gasteiger partial charge in [0, 0.05) is 30.3 Å². The Kier molecular flexibility index (Phi) is 9.67. The zero-order valence-electron chi connectivity index (χ0n) is 20.8. The van der Waals surface area contributed by atoms with E-state index in [4.69, 9.17) is 9.15 Å². The van der Waals surface area contributed by atoms with Gasteiger partial charge in [0.25, 0.3) is 0 Å². The number of carboxylic acids is 1. The number of nitrogens with zero attached hydrogens (tertiary/aromatic N) is 2. The van der Waals surface area contributed by atoms with Crippen LogP contribution < -0.4 is 4.74 Å². The second kappa shape index (κ2) is 13.1. The van der Waals surface area contributed by atoms with Crippen LogP contribution in [0.25, 0.3) is 10.9 Å². The van der Waals surface area contributed by atoms with Crippen LogP contribution in [0.15, 0.2) is 58.4 Å². The van der Waals surface area contributed by atoms with Crippen LogP contribution in [0, 0.1) is 11.8 Å². The number of rotatable bonds is 13. The fourth-order valence-corrected chi connectivity index (χ4v) is 6.05. The molecule has 1 saturated heterocycles. The molecule has 0 spiro atoms. The number of thioether (sulfide) groups is 1. The Morgan fingerprint density at radius 2 is 2.17 bits per heavy atom. The topological polar surface area (TPSA) is 96.0 Å². The molecule has 1 unspecified atom stereocenters. The van der Waals surface area contributed by atoms with E-state index in [1.165, 1.54) is 0 Å². The van der Waals surface area contributed by atoms with E-state index in [2.05, 4.69) is 9.88 Å². The van der Waals surface area contributed by atoms with Crippen molar-refractivity contribution in [1.82, 2.24) is 9.88 Å². The van der Waals surface area contributed by atoms with Crippen molar-refractivity contribution in [3.63, 3.8) is 0 Å². The highest BCUT2D eigenvalue weighted by Gasteiger charge is 2.30. The van der Waals surface area contributed by atoms with E-state index < -0.39 is 12.1 Å². The summed E-state index contributed by atoms with van der Waals surface area (Å²) in [7, 11) is 1.63. The Bertz CT molecular complexity index is 1110. The fourth-order valence-electron chi connectivity index (χ4n) is 5.27. The van der Waals surface area contributed by atoms with Crippen LogP contribution in [0.1, 0.15) is 50.2 Å². The summed E-state index contributed by atoms with van der Waals surface area (Å²) < 4.78 is 10.8. The van der Waals surface area contributed by atoms with E-state index in [0.717, 1.165) is 72.0 Å². The molecule has 0 saturated carbocycles. The molecule has 36 heavy (non-hydrogen) atoms. The van der Waals surface area contributed by atoms with Crippen molar-refractivity contribution < 1.29 is 24.2 Å². The van der Waals surface area contributed by atoms with E-state index >= 15 is 0 Å². The van der Waals surface area contributed by atoms with Crippen LogP contribution in [-0.2, 0) is 4.79 Å². The first-order valence-corrected chi connectivity index (χ1v) is 13.7. The number of hydrogen-bond donors (Lipinski definition) is 2. The number of benzene rings is 1. The van der Waals surface area contributed by atoms with Gasteiger partial charge < -0.3 is 24.3 Å². The van der Waals surface area contributed by atoms with Gasteiger partial charge in [-0.3, -0.25) is 9.78 Å². The summed E-state index contributed by atoms with van der Waals surface area (Å²) in [5, 5.41) is 22.3. The normalized spacial score (nSPS) is 19.4. The van der Waals surface area contributed by atoms with Gasteiger partial charge in [-0.1, -0.05) is 11.8 Å². The third-order valence-electron chi connectivity index (χ3n) is 7.21. The molecule has 8 heteroatoms. The number of carboxylic acid groups (broad SMARTS) is 1. The van der Waals surface area contributed by atoms with E-state index in [9.17, 15) is 15.0 Å². The monoisotopic (exact) mass is 512 g/mol. The molecule has 3 atom stereocenters. The van der Waals surface area contributed by atoms with Gasteiger partial charge in [0.1, 0.15) is 5.75 Å². The zero-order valence-corrected chi connectivity index (χ0v) is 21.7. The van der Waals surface area contributed by atoms with Crippen molar-refractivity contribution in [1.29, 1.82) is 0 Å². The van der Waals surface area contributed by atoms with Crippen LogP contribution in [0.5, 0.6) is 5.75 Å². The maximum atomic E-state index is 11.3. The maximum Gasteiger partial charge on any atom is 0.303 e. The van der Waals surface area contributed by atoms with Gasteiger partial charge in [-0.05, 0) is 99.0 Å². The van der Waals surface area contributed by atoms with Crippen LogP contribution in [0.3, 0.4) is 0 Å². The Hall–Kier alpha value is -2.55. The number of ether oxygens (including phenoxy) is 1. The number of fused-ring (bicyclic) bond motifs is 1.